The van der Waals surface area contributed by atoms with E-state index in [1.54, 1.807) is 24.0 Å². The Kier molecular flexibility index (Phi) is 4.87. The van der Waals surface area contributed by atoms with Crippen molar-refractivity contribution in [1.29, 1.82) is 0 Å². The number of ether oxygens (including phenoxy) is 1. The zero-order valence-corrected chi connectivity index (χ0v) is 17.7. The van der Waals surface area contributed by atoms with Crippen LogP contribution in [0.4, 0.5) is 21.9 Å². The average molecular weight is 440 g/mol. The Morgan fingerprint density at radius 3 is 2.28 bits per heavy atom. The minimum absolute atomic E-state index is 0.0800. The van der Waals surface area contributed by atoms with Crippen LogP contribution in [0.3, 0.4) is 0 Å². The number of rotatable bonds is 4. The number of hydrogen-bond acceptors (Lipinski definition) is 7. The van der Waals surface area contributed by atoms with Gasteiger partial charge in [-0.05, 0) is 37.3 Å². The van der Waals surface area contributed by atoms with Crippen LogP contribution in [0.1, 0.15) is 13.3 Å². The highest BCUT2D eigenvalue weighted by Gasteiger charge is 2.59. The average Bonchev–Trinajstić information content (AvgIpc) is 3.47. The van der Waals surface area contributed by atoms with Gasteiger partial charge in [-0.1, -0.05) is 12.2 Å². The van der Waals surface area contributed by atoms with Crippen LogP contribution >= 0.6 is 0 Å². The Bertz CT molecular complexity index is 1000. The standard InChI is InChI=1S/C22H24N4O6/c1-2-32-22(29)24-9-7-23(8-10-24)16-6-5-15(12-17(16)26(30)31)25-20(27)18-13-3-4-14(11-13)19(18)21(25)28/h3-6,12-14,18-19H,2,7-11H2,1H3/t13-,14+,18-,19+. The zero-order chi connectivity index (χ0) is 22.6. The number of nitrogens with zero attached hydrogens (tertiary/aromatic N) is 4. The minimum atomic E-state index is -0.492. The third-order valence-corrected chi connectivity index (χ3v) is 7.03. The molecule has 2 bridgehead atoms. The van der Waals surface area contributed by atoms with Gasteiger partial charge in [-0.3, -0.25) is 19.7 Å². The highest BCUT2D eigenvalue weighted by molar-refractivity contribution is 6.23. The maximum atomic E-state index is 13.1. The van der Waals surface area contributed by atoms with Crippen molar-refractivity contribution in [3.05, 3.63) is 40.5 Å². The maximum absolute atomic E-state index is 13.1. The number of nitro groups is 1. The lowest BCUT2D eigenvalue weighted by Crippen LogP contribution is -2.49. The first-order chi connectivity index (χ1) is 15.4. The van der Waals surface area contributed by atoms with E-state index in [0.717, 1.165) is 11.3 Å². The van der Waals surface area contributed by atoms with Gasteiger partial charge >= 0.3 is 6.09 Å². The maximum Gasteiger partial charge on any atom is 0.409 e. The Morgan fingerprint density at radius 2 is 1.72 bits per heavy atom. The number of benzene rings is 1. The summed E-state index contributed by atoms with van der Waals surface area (Å²) in [5.41, 5.74) is 0.489. The summed E-state index contributed by atoms with van der Waals surface area (Å²) in [6, 6.07) is 4.51. The summed E-state index contributed by atoms with van der Waals surface area (Å²) in [6.07, 6.45) is 4.47. The molecule has 0 unspecified atom stereocenters. The van der Waals surface area contributed by atoms with Crippen LogP contribution in [0.5, 0.6) is 0 Å². The number of imide groups is 1. The van der Waals surface area contributed by atoms with Gasteiger partial charge in [0.05, 0.1) is 29.1 Å². The minimum Gasteiger partial charge on any atom is -0.450 e. The van der Waals surface area contributed by atoms with Crippen molar-refractivity contribution in [3.63, 3.8) is 0 Å². The van der Waals surface area contributed by atoms with Crippen LogP contribution < -0.4 is 9.80 Å². The molecule has 2 aliphatic heterocycles. The first-order valence-electron chi connectivity index (χ1n) is 10.9. The van der Waals surface area contributed by atoms with E-state index in [0.29, 0.717) is 38.5 Å². The first kappa shape index (κ1) is 20.5. The number of fused-ring (bicyclic) bond motifs is 5. The van der Waals surface area contributed by atoms with Crippen LogP contribution in [-0.4, -0.2) is 60.5 Å². The van der Waals surface area contributed by atoms with Crippen molar-refractivity contribution in [2.45, 2.75) is 13.3 Å². The lowest BCUT2D eigenvalue weighted by molar-refractivity contribution is -0.384. The van der Waals surface area contributed by atoms with Gasteiger partial charge in [-0.15, -0.1) is 0 Å². The molecule has 5 rings (SSSR count). The van der Waals surface area contributed by atoms with E-state index in [4.69, 9.17) is 4.74 Å². The topological polar surface area (TPSA) is 113 Å². The molecular weight excluding hydrogens is 416 g/mol. The number of allylic oxidation sites excluding steroid dienone is 2. The van der Waals surface area contributed by atoms with Gasteiger partial charge in [-0.25, -0.2) is 9.69 Å². The van der Waals surface area contributed by atoms with Crippen molar-refractivity contribution in [2.75, 3.05) is 42.6 Å². The van der Waals surface area contributed by atoms with Gasteiger partial charge in [-0.2, -0.15) is 0 Å². The molecule has 168 valence electrons. The predicted molar refractivity (Wildman–Crippen MR) is 114 cm³/mol. The fraction of sp³-hybridized carbons (Fsp3) is 0.500. The largest absolute Gasteiger partial charge is 0.450 e. The highest BCUT2D eigenvalue weighted by Crippen LogP contribution is 2.53. The van der Waals surface area contributed by atoms with E-state index in [1.807, 2.05) is 17.1 Å². The van der Waals surface area contributed by atoms with Crippen molar-refractivity contribution in [2.24, 2.45) is 23.7 Å². The summed E-state index contributed by atoms with van der Waals surface area (Å²) in [4.78, 5) is 53.9. The Balaban J connectivity index is 1.38. The predicted octanol–water partition coefficient (Wildman–Crippen LogP) is 2.18. The van der Waals surface area contributed by atoms with E-state index in [-0.39, 0.29) is 46.9 Å². The smallest absolute Gasteiger partial charge is 0.409 e. The molecule has 10 nitrogen and oxygen atoms in total. The van der Waals surface area contributed by atoms with Gasteiger partial charge in [0.25, 0.3) is 5.69 Å². The zero-order valence-electron chi connectivity index (χ0n) is 17.7. The monoisotopic (exact) mass is 440 g/mol. The number of amides is 3. The number of carbonyl (C=O) groups is 3. The highest BCUT2D eigenvalue weighted by atomic mass is 16.6. The lowest BCUT2D eigenvalue weighted by Gasteiger charge is -2.35. The van der Waals surface area contributed by atoms with Crippen molar-refractivity contribution in [3.8, 4) is 0 Å². The van der Waals surface area contributed by atoms with Crippen molar-refractivity contribution in [1.82, 2.24) is 4.90 Å². The van der Waals surface area contributed by atoms with Crippen LogP contribution in [0.25, 0.3) is 0 Å². The molecule has 10 heteroatoms. The molecule has 1 aromatic carbocycles. The normalized spacial score (nSPS) is 28.5. The summed E-state index contributed by atoms with van der Waals surface area (Å²) in [5.74, 6) is -1.07. The van der Waals surface area contributed by atoms with Gasteiger partial charge < -0.3 is 14.5 Å². The van der Waals surface area contributed by atoms with Crippen molar-refractivity contribution >= 4 is 35.0 Å². The summed E-state index contributed by atoms with van der Waals surface area (Å²) >= 11 is 0. The SMILES string of the molecule is CCOC(=O)N1CCN(c2ccc(N3C(=O)[C@@H]4[C@H](C3=O)[C@@H]3C=C[C@H]4C3)cc2[N+](=O)[O-])CC1. The summed E-state index contributed by atoms with van der Waals surface area (Å²) in [7, 11) is 0. The second-order valence-electron chi connectivity index (χ2n) is 8.61. The van der Waals surface area contributed by atoms with E-state index >= 15 is 0 Å². The number of hydrogen-bond donors (Lipinski definition) is 0. The molecule has 3 amide bonds. The molecule has 0 spiro atoms. The Morgan fingerprint density at radius 1 is 1.09 bits per heavy atom. The van der Waals surface area contributed by atoms with Crippen molar-refractivity contribution < 1.29 is 24.0 Å². The molecule has 2 aliphatic carbocycles. The van der Waals surface area contributed by atoms with Crippen LogP contribution in [0, 0.1) is 33.8 Å². The Hall–Kier alpha value is -3.43. The quantitative estimate of drug-likeness (QED) is 0.305. The third kappa shape index (κ3) is 3.04. The molecular formula is C22H24N4O6. The molecule has 1 aromatic rings. The Labute approximate surface area is 184 Å². The molecule has 0 aromatic heterocycles. The van der Waals surface area contributed by atoms with Gasteiger partial charge in [0.2, 0.25) is 11.8 Å². The molecule has 1 saturated carbocycles. The molecule has 2 heterocycles. The van der Waals surface area contributed by atoms with Gasteiger partial charge in [0, 0.05) is 32.2 Å². The number of carbonyl (C=O) groups excluding carboxylic acids is 3. The third-order valence-electron chi connectivity index (χ3n) is 7.03. The fourth-order valence-corrected chi connectivity index (χ4v) is 5.57. The summed E-state index contributed by atoms with van der Waals surface area (Å²) in [6.45, 7) is 3.64. The first-order valence-corrected chi connectivity index (χ1v) is 10.9. The molecule has 0 radical (unpaired) electrons. The molecule has 32 heavy (non-hydrogen) atoms. The van der Waals surface area contributed by atoms with Gasteiger partial charge in [0.15, 0.2) is 0 Å². The van der Waals surface area contributed by atoms with Gasteiger partial charge in [0.1, 0.15) is 5.69 Å². The van der Waals surface area contributed by atoms with E-state index < -0.39 is 11.0 Å². The molecule has 4 aliphatic rings. The second-order valence-corrected chi connectivity index (χ2v) is 8.61. The van der Waals surface area contributed by atoms with Crippen LogP contribution in [0.15, 0.2) is 30.4 Å². The molecule has 2 saturated heterocycles. The summed E-state index contributed by atoms with van der Waals surface area (Å²) in [5, 5.41) is 11.9. The lowest BCUT2D eigenvalue weighted by atomic mass is 9.85. The van der Waals surface area contributed by atoms with E-state index in [9.17, 15) is 24.5 Å². The number of piperazine rings is 1. The fourth-order valence-electron chi connectivity index (χ4n) is 5.57. The van der Waals surface area contributed by atoms with Crippen LogP contribution in [0.2, 0.25) is 0 Å². The summed E-state index contributed by atoms with van der Waals surface area (Å²) < 4.78 is 5.01. The molecule has 4 atom stereocenters. The van der Waals surface area contributed by atoms with E-state index in [2.05, 4.69) is 0 Å². The number of anilines is 2. The van der Waals surface area contributed by atoms with Crippen LogP contribution in [-0.2, 0) is 14.3 Å². The number of nitro benzene ring substituents is 1. The molecule has 0 N–H and O–H groups in total. The molecule has 3 fully saturated rings. The van der Waals surface area contributed by atoms with E-state index in [1.165, 1.54) is 6.07 Å². The second kappa shape index (κ2) is 7.61.